The van der Waals surface area contributed by atoms with Crippen molar-refractivity contribution in [1.82, 2.24) is 15.3 Å². The number of aliphatic carboxylic acids is 1. The average molecular weight is 510 g/mol. The molecule has 1 saturated heterocycles. The van der Waals surface area contributed by atoms with E-state index in [2.05, 4.69) is 37.9 Å². The third-order valence-electron chi connectivity index (χ3n) is 6.15. The molecule has 1 aliphatic rings. The van der Waals surface area contributed by atoms with Gasteiger partial charge in [-0.05, 0) is 55.8 Å². The maximum atomic E-state index is 10.2. The van der Waals surface area contributed by atoms with E-state index < -0.39 is 5.97 Å². The lowest BCUT2D eigenvalue weighted by Crippen LogP contribution is -2.35. The Hall–Kier alpha value is -4.61. The van der Waals surface area contributed by atoms with E-state index in [1.165, 1.54) is 0 Å². The van der Waals surface area contributed by atoms with Crippen LogP contribution in [0.1, 0.15) is 24.0 Å². The number of ether oxygens (including phenoxy) is 1. The Morgan fingerprint density at radius 3 is 2.61 bits per heavy atom. The number of benzene rings is 3. The Balaban J connectivity index is 0.000000283. The first-order valence-electron chi connectivity index (χ1n) is 12.4. The highest BCUT2D eigenvalue weighted by Crippen LogP contribution is 2.34. The minimum Gasteiger partial charge on any atom is -0.495 e. The highest BCUT2D eigenvalue weighted by Gasteiger charge is 2.16. The fourth-order valence-electron chi connectivity index (χ4n) is 4.25. The summed E-state index contributed by atoms with van der Waals surface area (Å²) >= 11 is 0. The van der Waals surface area contributed by atoms with Gasteiger partial charge in [-0.2, -0.15) is 0 Å². The number of nitrogens with one attached hydrogen (secondary N) is 3. The van der Waals surface area contributed by atoms with Crippen LogP contribution >= 0.6 is 0 Å². The van der Waals surface area contributed by atoms with Crippen molar-refractivity contribution in [3.63, 3.8) is 0 Å². The summed E-state index contributed by atoms with van der Waals surface area (Å²) < 4.78 is 5.60. The maximum Gasteiger partial charge on any atom is 0.307 e. The second-order valence-electron chi connectivity index (χ2n) is 8.87. The number of hydrogen-bond donors (Lipinski definition) is 4. The third-order valence-corrected chi connectivity index (χ3v) is 6.15. The molecule has 194 valence electrons. The van der Waals surface area contributed by atoms with Crippen molar-refractivity contribution in [3.8, 4) is 18.1 Å². The maximum absolute atomic E-state index is 10.2. The highest BCUT2D eigenvalue weighted by atomic mass is 16.5. The summed E-state index contributed by atoms with van der Waals surface area (Å²) in [6.07, 6.45) is 9.34. The Kier molecular flexibility index (Phi) is 9.11. The molecular weight excluding hydrogens is 478 g/mol. The summed E-state index contributed by atoms with van der Waals surface area (Å²) in [6, 6.07) is 21.3. The van der Waals surface area contributed by atoms with Crippen LogP contribution in [-0.2, 0) is 11.2 Å². The highest BCUT2D eigenvalue weighted by molar-refractivity contribution is 5.95. The molecule has 8 nitrogen and oxygen atoms in total. The van der Waals surface area contributed by atoms with Crippen molar-refractivity contribution in [2.45, 2.75) is 25.3 Å². The fraction of sp³-hybridized carbons (Fsp3) is 0.233. The van der Waals surface area contributed by atoms with Crippen LogP contribution in [0, 0.1) is 12.3 Å². The number of hydrogen-bond acceptors (Lipinski definition) is 7. The van der Waals surface area contributed by atoms with Gasteiger partial charge < -0.3 is 25.8 Å². The number of methoxy groups -OCH3 is 1. The molecule has 38 heavy (non-hydrogen) atoms. The molecule has 4 aromatic rings. The molecular formula is C30H31N5O3. The van der Waals surface area contributed by atoms with Crippen LogP contribution in [0.15, 0.2) is 73.1 Å². The van der Waals surface area contributed by atoms with Crippen molar-refractivity contribution in [1.29, 1.82) is 0 Å². The van der Waals surface area contributed by atoms with Gasteiger partial charge in [0.05, 0.1) is 24.7 Å². The summed E-state index contributed by atoms with van der Waals surface area (Å²) in [7, 11) is 1.68. The number of terminal acetylenes is 1. The monoisotopic (exact) mass is 509 g/mol. The molecule has 5 rings (SSSR count). The molecule has 0 unspecified atom stereocenters. The van der Waals surface area contributed by atoms with Crippen LogP contribution in [0.5, 0.6) is 5.75 Å². The van der Waals surface area contributed by atoms with E-state index in [1.54, 1.807) is 25.6 Å². The number of aromatic nitrogens is 2. The third kappa shape index (κ3) is 7.21. The Morgan fingerprint density at radius 2 is 1.89 bits per heavy atom. The number of carbonyl (C=O) groups is 1. The van der Waals surface area contributed by atoms with Gasteiger partial charge in [0.15, 0.2) is 0 Å². The number of piperidine rings is 1. The summed E-state index contributed by atoms with van der Waals surface area (Å²) in [5, 5.41) is 19.7. The van der Waals surface area contributed by atoms with Crippen LogP contribution in [0.25, 0.3) is 10.9 Å². The molecule has 1 fully saturated rings. The van der Waals surface area contributed by atoms with Crippen molar-refractivity contribution >= 4 is 34.1 Å². The Labute approximate surface area is 222 Å². The van der Waals surface area contributed by atoms with E-state index in [1.807, 2.05) is 48.5 Å². The molecule has 3 aromatic carbocycles. The van der Waals surface area contributed by atoms with Crippen molar-refractivity contribution in [2.24, 2.45) is 0 Å². The van der Waals surface area contributed by atoms with E-state index in [4.69, 9.17) is 16.3 Å². The van der Waals surface area contributed by atoms with Gasteiger partial charge in [0.2, 0.25) is 0 Å². The van der Waals surface area contributed by atoms with Crippen molar-refractivity contribution in [2.75, 3.05) is 30.8 Å². The Morgan fingerprint density at radius 1 is 1.11 bits per heavy atom. The van der Waals surface area contributed by atoms with Crippen molar-refractivity contribution < 1.29 is 14.6 Å². The van der Waals surface area contributed by atoms with Crippen LogP contribution in [0.3, 0.4) is 0 Å². The molecule has 8 heteroatoms. The van der Waals surface area contributed by atoms with Gasteiger partial charge >= 0.3 is 5.97 Å². The predicted molar refractivity (Wildman–Crippen MR) is 151 cm³/mol. The van der Waals surface area contributed by atoms with Gasteiger partial charge in [0.25, 0.3) is 0 Å². The standard InChI is InChI=1S/C22H23N5O.C8H8O2/c1-3-15-5-4-6-17(11-15)27-22-18-12-20(26-16-7-9-23-10-8-16)21(28-2)13-19(18)24-14-25-22;9-8(10)6-7-4-2-1-3-5-7/h1,4-6,11-14,16,23,26H,7-10H2,2H3,(H,24,25,27);1-5H,6H2,(H,9,10). The van der Waals surface area contributed by atoms with Gasteiger partial charge in [-0.15, -0.1) is 6.42 Å². The van der Waals surface area contributed by atoms with Gasteiger partial charge in [-0.25, -0.2) is 9.97 Å². The zero-order valence-corrected chi connectivity index (χ0v) is 21.3. The molecule has 1 aromatic heterocycles. The van der Waals surface area contributed by atoms with E-state index >= 15 is 0 Å². The van der Waals surface area contributed by atoms with Gasteiger partial charge in [0.1, 0.15) is 17.9 Å². The average Bonchev–Trinajstić information content (AvgIpc) is 2.94. The topological polar surface area (TPSA) is 108 Å². The fourth-order valence-corrected chi connectivity index (χ4v) is 4.25. The minimum absolute atomic E-state index is 0.112. The second kappa shape index (κ2) is 13.1. The van der Waals surface area contributed by atoms with E-state index in [0.29, 0.717) is 6.04 Å². The SMILES string of the molecule is C#Cc1cccc(Nc2ncnc3cc(OC)c(NC4CCNCC4)cc23)c1.O=C(O)Cc1ccccc1. The molecule has 1 aliphatic heterocycles. The first-order valence-corrected chi connectivity index (χ1v) is 12.4. The summed E-state index contributed by atoms with van der Waals surface area (Å²) in [5.41, 5.74) is 4.32. The lowest BCUT2D eigenvalue weighted by Gasteiger charge is -2.25. The quantitative estimate of drug-likeness (QED) is 0.262. The molecule has 0 spiro atoms. The van der Waals surface area contributed by atoms with Gasteiger partial charge in [-0.3, -0.25) is 4.79 Å². The number of fused-ring (bicyclic) bond motifs is 1. The van der Waals surface area contributed by atoms with Gasteiger partial charge in [-0.1, -0.05) is 42.3 Å². The number of rotatable bonds is 7. The first-order chi connectivity index (χ1) is 18.6. The molecule has 0 atom stereocenters. The Bertz CT molecular complexity index is 1410. The molecule has 0 saturated carbocycles. The van der Waals surface area contributed by atoms with Crippen molar-refractivity contribution in [3.05, 3.63) is 84.2 Å². The largest absolute Gasteiger partial charge is 0.495 e. The number of anilines is 3. The second-order valence-corrected chi connectivity index (χ2v) is 8.87. The van der Waals surface area contributed by atoms with E-state index in [-0.39, 0.29) is 6.42 Å². The summed E-state index contributed by atoms with van der Waals surface area (Å²) in [4.78, 5) is 19.0. The molecule has 0 aliphatic carbocycles. The lowest BCUT2D eigenvalue weighted by atomic mass is 10.1. The molecule has 0 radical (unpaired) electrons. The summed E-state index contributed by atoms with van der Waals surface area (Å²) in [5.74, 6) is 3.38. The molecule has 0 bridgehead atoms. The number of carboxylic acids is 1. The molecule has 4 N–H and O–H groups in total. The van der Waals surface area contributed by atoms with Gasteiger partial charge in [0, 0.05) is 28.7 Å². The summed E-state index contributed by atoms with van der Waals surface area (Å²) in [6.45, 7) is 2.05. The smallest absolute Gasteiger partial charge is 0.307 e. The predicted octanol–water partition coefficient (Wildman–Crippen LogP) is 4.84. The normalized spacial score (nSPS) is 13.1. The zero-order chi connectivity index (χ0) is 26.7. The van der Waals surface area contributed by atoms with Crippen LogP contribution < -0.4 is 20.7 Å². The van der Waals surface area contributed by atoms with Crippen LogP contribution in [0.2, 0.25) is 0 Å². The first kappa shape index (κ1) is 26.5. The number of carboxylic acid groups (broad SMARTS) is 1. The lowest BCUT2D eigenvalue weighted by molar-refractivity contribution is -0.136. The van der Waals surface area contributed by atoms with Crippen LogP contribution in [0.4, 0.5) is 17.2 Å². The number of nitrogens with zero attached hydrogens (tertiary/aromatic N) is 2. The van der Waals surface area contributed by atoms with E-state index in [9.17, 15) is 4.79 Å². The molecule has 2 heterocycles. The van der Waals surface area contributed by atoms with Crippen LogP contribution in [-0.4, -0.2) is 47.3 Å². The van der Waals surface area contributed by atoms with E-state index in [0.717, 1.165) is 70.9 Å². The zero-order valence-electron chi connectivity index (χ0n) is 21.3. The molecule has 0 amide bonds. The minimum atomic E-state index is -0.786.